The number of hydrogen-bond donors (Lipinski definition) is 1. The first-order valence-corrected chi connectivity index (χ1v) is 6.75. The first kappa shape index (κ1) is 14.2. The Morgan fingerprint density at radius 1 is 1.53 bits per heavy atom. The summed E-state index contributed by atoms with van der Waals surface area (Å²) < 4.78 is 5.64. The Morgan fingerprint density at radius 2 is 2.26 bits per heavy atom. The van der Waals surface area contributed by atoms with Gasteiger partial charge in [0.1, 0.15) is 5.75 Å². The van der Waals surface area contributed by atoms with Crippen LogP contribution in [0.4, 0.5) is 0 Å². The van der Waals surface area contributed by atoms with Crippen molar-refractivity contribution >= 4 is 17.6 Å². The van der Waals surface area contributed by atoms with Gasteiger partial charge in [-0.15, -0.1) is 0 Å². The van der Waals surface area contributed by atoms with Crippen LogP contribution in [0.1, 0.15) is 25.0 Å². The van der Waals surface area contributed by atoms with Gasteiger partial charge in [0.25, 0.3) is 0 Å². The molecule has 1 aliphatic rings. The van der Waals surface area contributed by atoms with E-state index < -0.39 is 5.97 Å². The second kappa shape index (κ2) is 5.80. The van der Waals surface area contributed by atoms with E-state index in [9.17, 15) is 4.79 Å². The molecule has 0 atom stereocenters. The number of rotatable bonds is 5. The summed E-state index contributed by atoms with van der Waals surface area (Å²) in [5.74, 6) is 0.0498. The lowest BCUT2D eigenvalue weighted by Crippen LogP contribution is -2.35. The van der Waals surface area contributed by atoms with Crippen molar-refractivity contribution in [1.29, 1.82) is 0 Å². The van der Waals surface area contributed by atoms with Crippen LogP contribution in [0.3, 0.4) is 0 Å². The normalized spacial score (nSPS) is 13.7. The highest BCUT2D eigenvalue weighted by Crippen LogP contribution is 2.33. The van der Waals surface area contributed by atoms with Crippen LogP contribution in [0.25, 0.3) is 0 Å². The quantitative estimate of drug-likeness (QED) is 0.902. The molecule has 0 fully saturated rings. The summed E-state index contributed by atoms with van der Waals surface area (Å²) in [6.45, 7) is 5.18. The number of ether oxygens (including phenoxy) is 1. The van der Waals surface area contributed by atoms with E-state index in [1.807, 2.05) is 30.9 Å². The summed E-state index contributed by atoms with van der Waals surface area (Å²) >= 11 is 6.11. The van der Waals surface area contributed by atoms with Gasteiger partial charge in [-0.2, -0.15) is 0 Å². The molecule has 0 unspecified atom stereocenters. The molecule has 1 N–H and O–H groups in total. The van der Waals surface area contributed by atoms with Crippen LogP contribution < -0.4 is 4.74 Å². The van der Waals surface area contributed by atoms with Crippen molar-refractivity contribution in [2.75, 3.05) is 13.2 Å². The smallest absolute Gasteiger partial charge is 0.317 e. The summed E-state index contributed by atoms with van der Waals surface area (Å²) in [5.41, 5.74) is 2.08. The lowest BCUT2D eigenvalue weighted by atomic mass is 10.1. The Morgan fingerprint density at radius 3 is 2.89 bits per heavy atom. The second-order valence-electron chi connectivity index (χ2n) is 5.04. The molecule has 0 saturated carbocycles. The predicted octanol–water partition coefficient (Wildman–Crippen LogP) is 2.57. The van der Waals surface area contributed by atoms with Gasteiger partial charge in [0.15, 0.2) is 0 Å². The number of carboxylic acids is 1. The Kier molecular flexibility index (Phi) is 4.32. The molecule has 0 amide bonds. The highest BCUT2D eigenvalue weighted by Gasteiger charge is 2.21. The number of fused-ring (bicyclic) bond motifs is 1. The van der Waals surface area contributed by atoms with Crippen molar-refractivity contribution in [3.8, 4) is 5.75 Å². The van der Waals surface area contributed by atoms with Gasteiger partial charge in [-0.1, -0.05) is 11.6 Å². The minimum absolute atomic E-state index is 0.0129. The second-order valence-corrected chi connectivity index (χ2v) is 5.48. The predicted molar refractivity (Wildman–Crippen MR) is 73.8 cm³/mol. The summed E-state index contributed by atoms with van der Waals surface area (Å²) in [4.78, 5) is 12.8. The molecule has 2 rings (SSSR count). The van der Waals surface area contributed by atoms with E-state index in [1.54, 1.807) is 0 Å². The standard InChI is InChI=1S/C14H18ClNO3/c1-9(2)16(8-13(17)18)7-11-6-12(15)5-10-3-4-19-14(10)11/h5-6,9H,3-4,7-8H2,1-2H3,(H,17,18). The molecule has 1 aromatic carbocycles. The first-order valence-electron chi connectivity index (χ1n) is 6.37. The number of carboxylic acid groups (broad SMARTS) is 1. The van der Waals surface area contributed by atoms with Crippen molar-refractivity contribution in [2.45, 2.75) is 32.9 Å². The van der Waals surface area contributed by atoms with Crippen molar-refractivity contribution in [3.63, 3.8) is 0 Å². The van der Waals surface area contributed by atoms with Crippen molar-refractivity contribution in [2.24, 2.45) is 0 Å². The number of nitrogens with zero attached hydrogens (tertiary/aromatic N) is 1. The van der Waals surface area contributed by atoms with E-state index in [2.05, 4.69) is 0 Å². The maximum Gasteiger partial charge on any atom is 0.317 e. The highest BCUT2D eigenvalue weighted by molar-refractivity contribution is 6.30. The lowest BCUT2D eigenvalue weighted by molar-refractivity contribution is -0.138. The van der Waals surface area contributed by atoms with E-state index in [0.717, 1.165) is 23.3 Å². The van der Waals surface area contributed by atoms with Crippen LogP contribution in [-0.4, -0.2) is 35.2 Å². The Hall–Kier alpha value is -1.26. The third kappa shape index (κ3) is 3.39. The van der Waals surface area contributed by atoms with Gasteiger partial charge in [0.05, 0.1) is 13.2 Å². The minimum Gasteiger partial charge on any atom is -0.493 e. The van der Waals surface area contributed by atoms with E-state index >= 15 is 0 Å². The van der Waals surface area contributed by atoms with Crippen LogP contribution in [0.5, 0.6) is 5.75 Å². The van der Waals surface area contributed by atoms with Crippen LogP contribution in [0.15, 0.2) is 12.1 Å². The molecule has 1 aliphatic heterocycles. The fourth-order valence-corrected chi connectivity index (χ4v) is 2.54. The summed E-state index contributed by atoms with van der Waals surface area (Å²) in [7, 11) is 0. The zero-order valence-corrected chi connectivity index (χ0v) is 11.9. The number of carbonyl (C=O) groups is 1. The topological polar surface area (TPSA) is 49.8 Å². The molecule has 5 heteroatoms. The number of benzene rings is 1. The van der Waals surface area contributed by atoms with E-state index in [-0.39, 0.29) is 12.6 Å². The van der Waals surface area contributed by atoms with Gasteiger partial charge < -0.3 is 9.84 Å². The number of aliphatic carboxylic acids is 1. The average Bonchev–Trinajstić information content (AvgIpc) is 2.75. The van der Waals surface area contributed by atoms with Crippen LogP contribution in [-0.2, 0) is 17.8 Å². The minimum atomic E-state index is -0.826. The molecule has 0 saturated heterocycles. The molecule has 0 radical (unpaired) electrons. The van der Waals surface area contributed by atoms with Gasteiger partial charge in [-0.3, -0.25) is 9.69 Å². The molecule has 0 bridgehead atoms. The molecule has 0 aliphatic carbocycles. The van der Waals surface area contributed by atoms with Crippen molar-refractivity contribution in [3.05, 3.63) is 28.3 Å². The van der Waals surface area contributed by atoms with Gasteiger partial charge in [-0.25, -0.2) is 0 Å². The largest absolute Gasteiger partial charge is 0.493 e. The molecule has 1 aromatic rings. The lowest BCUT2D eigenvalue weighted by Gasteiger charge is -2.25. The Balaban J connectivity index is 2.24. The molecular weight excluding hydrogens is 266 g/mol. The molecule has 19 heavy (non-hydrogen) atoms. The fraction of sp³-hybridized carbons (Fsp3) is 0.500. The summed E-state index contributed by atoms with van der Waals surface area (Å²) in [6.07, 6.45) is 0.865. The van der Waals surface area contributed by atoms with Gasteiger partial charge in [-0.05, 0) is 31.5 Å². The van der Waals surface area contributed by atoms with Crippen LogP contribution in [0, 0.1) is 0 Å². The number of halogens is 1. The number of hydrogen-bond acceptors (Lipinski definition) is 3. The maximum atomic E-state index is 10.9. The first-order chi connectivity index (χ1) is 8.97. The van der Waals surface area contributed by atoms with Gasteiger partial charge in [0, 0.05) is 29.6 Å². The van der Waals surface area contributed by atoms with Gasteiger partial charge in [0.2, 0.25) is 0 Å². The molecule has 1 heterocycles. The third-order valence-electron chi connectivity index (χ3n) is 3.27. The van der Waals surface area contributed by atoms with Crippen molar-refractivity contribution in [1.82, 2.24) is 4.90 Å². The Labute approximate surface area is 117 Å². The monoisotopic (exact) mass is 283 g/mol. The van der Waals surface area contributed by atoms with Gasteiger partial charge >= 0.3 is 5.97 Å². The third-order valence-corrected chi connectivity index (χ3v) is 3.49. The van der Waals surface area contributed by atoms with E-state index in [4.69, 9.17) is 21.4 Å². The highest BCUT2D eigenvalue weighted by atomic mass is 35.5. The van der Waals surface area contributed by atoms with Crippen LogP contribution >= 0.6 is 11.6 Å². The van der Waals surface area contributed by atoms with E-state index in [0.29, 0.717) is 18.2 Å². The summed E-state index contributed by atoms with van der Waals surface area (Å²) in [6, 6.07) is 3.93. The Bertz CT molecular complexity index is 488. The zero-order valence-electron chi connectivity index (χ0n) is 11.1. The van der Waals surface area contributed by atoms with Crippen molar-refractivity contribution < 1.29 is 14.6 Å². The molecule has 104 valence electrons. The van der Waals surface area contributed by atoms with Crippen LogP contribution in [0.2, 0.25) is 5.02 Å². The molecule has 0 aromatic heterocycles. The molecule has 4 nitrogen and oxygen atoms in total. The molecule has 0 spiro atoms. The zero-order chi connectivity index (χ0) is 14.0. The SMILES string of the molecule is CC(C)N(CC(=O)O)Cc1cc(Cl)cc2c1OCC2. The average molecular weight is 284 g/mol. The fourth-order valence-electron chi connectivity index (χ4n) is 2.28. The van der Waals surface area contributed by atoms with E-state index in [1.165, 1.54) is 0 Å². The summed E-state index contributed by atoms with van der Waals surface area (Å²) in [5, 5.41) is 9.64. The molecular formula is C14H18ClNO3. The maximum absolute atomic E-state index is 10.9.